The summed E-state index contributed by atoms with van der Waals surface area (Å²) in [5.41, 5.74) is 1.38. The van der Waals surface area contributed by atoms with Crippen LogP contribution in [0.2, 0.25) is 0 Å². The number of hydrogen-bond acceptors (Lipinski definition) is 6. The Bertz CT molecular complexity index is 1010. The number of carbonyl (C=O) groups is 3. The first-order valence-corrected chi connectivity index (χ1v) is 8.14. The van der Waals surface area contributed by atoms with Gasteiger partial charge in [0.2, 0.25) is 5.78 Å². The van der Waals surface area contributed by atoms with Gasteiger partial charge in [0.05, 0.1) is 11.0 Å². The average Bonchev–Trinajstić information content (AvgIpc) is 3.21. The van der Waals surface area contributed by atoms with Crippen LogP contribution in [0.15, 0.2) is 22.8 Å². The molecule has 0 aliphatic heterocycles. The largest absolute Gasteiger partial charge is 0.460 e. The molecule has 2 N–H and O–H groups in total. The summed E-state index contributed by atoms with van der Waals surface area (Å²) >= 11 is 0. The summed E-state index contributed by atoms with van der Waals surface area (Å²) in [7, 11) is 0. The van der Waals surface area contributed by atoms with Gasteiger partial charge in [0, 0.05) is 23.1 Å². The molecule has 5 rings (SSSR count). The van der Waals surface area contributed by atoms with Crippen LogP contribution in [-0.4, -0.2) is 39.8 Å². The normalized spacial score (nSPS) is 29.5. The van der Waals surface area contributed by atoms with E-state index in [2.05, 4.69) is 0 Å². The zero-order valence-electron chi connectivity index (χ0n) is 13.3. The van der Waals surface area contributed by atoms with Crippen molar-refractivity contribution in [3.63, 3.8) is 0 Å². The maximum Gasteiger partial charge on any atom is 0.229 e. The van der Waals surface area contributed by atoms with E-state index in [9.17, 15) is 24.6 Å². The number of ketones is 3. The highest BCUT2D eigenvalue weighted by Crippen LogP contribution is 2.51. The highest BCUT2D eigenvalue weighted by Gasteiger charge is 2.57. The van der Waals surface area contributed by atoms with Crippen molar-refractivity contribution in [3.8, 4) is 0 Å². The summed E-state index contributed by atoms with van der Waals surface area (Å²) in [4.78, 5) is 37.4. The summed E-state index contributed by atoms with van der Waals surface area (Å²) in [5.74, 6) is -1.03. The summed E-state index contributed by atoms with van der Waals surface area (Å²) in [5, 5.41) is 21.0. The molecule has 3 atom stereocenters. The smallest absolute Gasteiger partial charge is 0.229 e. The minimum Gasteiger partial charge on any atom is -0.460 e. The summed E-state index contributed by atoms with van der Waals surface area (Å²) < 4.78 is 5.40. The van der Waals surface area contributed by atoms with Gasteiger partial charge >= 0.3 is 0 Å². The topological polar surface area (TPSA) is 105 Å². The molecule has 0 amide bonds. The van der Waals surface area contributed by atoms with E-state index in [1.165, 1.54) is 6.26 Å². The molecular weight excluding hydrogens is 324 g/mol. The minimum atomic E-state index is -1.60. The Labute approximate surface area is 142 Å². The lowest BCUT2D eigenvalue weighted by atomic mass is 9.60. The van der Waals surface area contributed by atoms with Gasteiger partial charge in [0.1, 0.15) is 18.5 Å². The van der Waals surface area contributed by atoms with Crippen LogP contribution in [0.4, 0.5) is 0 Å². The van der Waals surface area contributed by atoms with E-state index in [0.717, 1.165) is 0 Å². The predicted octanol–water partition coefficient (Wildman–Crippen LogP) is 1.18. The maximum atomic E-state index is 13.0. The molecule has 3 aliphatic rings. The van der Waals surface area contributed by atoms with Gasteiger partial charge in [-0.1, -0.05) is 12.1 Å². The van der Waals surface area contributed by atoms with E-state index in [4.69, 9.17) is 4.42 Å². The maximum absolute atomic E-state index is 13.0. The fourth-order valence-electron chi connectivity index (χ4n) is 4.63. The molecule has 1 aromatic carbocycles. The van der Waals surface area contributed by atoms with Gasteiger partial charge in [-0.3, -0.25) is 14.4 Å². The number of fused-ring (bicyclic) bond motifs is 4. The molecule has 0 saturated heterocycles. The van der Waals surface area contributed by atoms with E-state index in [1.54, 1.807) is 19.1 Å². The molecule has 1 aromatic heterocycles. The molecule has 0 spiro atoms. The lowest BCUT2D eigenvalue weighted by Crippen LogP contribution is -2.55. The summed E-state index contributed by atoms with van der Waals surface area (Å²) in [6.07, 6.45) is -1.03. The second-order valence-electron chi connectivity index (χ2n) is 7.08. The number of rotatable bonds is 0. The number of aliphatic hydroxyl groups is 2. The second kappa shape index (κ2) is 4.33. The third-order valence-electron chi connectivity index (χ3n) is 5.94. The first kappa shape index (κ1) is 14.7. The van der Waals surface area contributed by atoms with Crippen LogP contribution in [0.1, 0.15) is 66.9 Å². The first-order valence-electron chi connectivity index (χ1n) is 8.14. The van der Waals surface area contributed by atoms with Crippen LogP contribution in [-0.2, 0) is 11.8 Å². The average molecular weight is 338 g/mol. The Hall–Kier alpha value is -2.57. The zero-order valence-corrected chi connectivity index (χ0v) is 13.3. The molecular formula is C19H14O6. The van der Waals surface area contributed by atoms with Crippen LogP contribution in [0.5, 0.6) is 0 Å². The molecule has 25 heavy (non-hydrogen) atoms. The molecule has 0 radical (unpaired) electrons. The van der Waals surface area contributed by atoms with Crippen molar-refractivity contribution in [2.24, 2.45) is 0 Å². The van der Waals surface area contributed by atoms with E-state index >= 15 is 0 Å². The van der Waals surface area contributed by atoms with E-state index in [1.807, 2.05) is 0 Å². The third-order valence-corrected chi connectivity index (χ3v) is 5.94. The Balaban J connectivity index is 1.91. The highest BCUT2D eigenvalue weighted by atomic mass is 16.3. The van der Waals surface area contributed by atoms with Crippen molar-refractivity contribution in [2.75, 3.05) is 0 Å². The number of hydrogen-bond donors (Lipinski definition) is 2. The summed E-state index contributed by atoms with van der Waals surface area (Å²) in [6, 6.07) is 3.32. The van der Waals surface area contributed by atoms with E-state index in [-0.39, 0.29) is 22.9 Å². The van der Waals surface area contributed by atoms with Gasteiger partial charge in [-0.15, -0.1) is 0 Å². The van der Waals surface area contributed by atoms with Crippen molar-refractivity contribution >= 4 is 17.3 Å². The summed E-state index contributed by atoms with van der Waals surface area (Å²) in [6.45, 7) is 1.69. The molecule has 0 bridgehead atoms. The number of furan rings is 1. The van der Waals surface area contributed by atoms with Crippen molar-refractivity contribution in [3.05, 3.63) is 57.5 Å². The van der Waals surface area contributed by atoms with Crippen LogP contribution in [0.25, 0.3) is 0 Å². The number of carbonyl (C=O) groups excluding carboxylic acids is 3. The van der Waals surface area contributed by atoms with Crippen molar-refractivity contribution < 1.29 is 29.0 Å². The third kappa shape index (κ3) is 1.46. The van der Waals surface area contributed by atoms with Crippen LogP contribution < -0.4 is 0 Å². The number of benzene rings is 1. The van der Waals surface area contributed by atoms with Crippen molar-refractivity contribution in [1.29, 1.82) is 0 Å². The Morgan fingerprint density at radius 2 is 1.88 bits per heavy atom. The molecule has 1 heterocycles. The van der Waals surface area contributed by atoms with Gasteiger partial charge in [0.15, 0.2) is 17.3 Å². The van der Waals surface area contributed by atoms with Crippen molar-refractivity contribution in [1.82, 2.24) is 0 Å². The minimum absolute atomic E-state index is 0.0112. The SMILES string of the molecule is C[C@@]12c3ccc4c(c3C(=O)c3occ(c31)C(=O)[C@@H](O)[C@H]2O)CCC4=O. The fourth-order valence-corrected chi connectivity index (χ4v) is 4.63. The Morgan fingerprint density at radius 1 is 1.12 bits per heavy atom. The Morgan fingerprint density at radius 3 is 2.64 bits per heavy atom. The predicted molar refractivity (Wildman–Crippen MR) is 84.0 cm³/mol. The number of aliphatic hydroxyl groups excluding tert-OH is 2. The standard InChI is InChI=1S/C19H14O6/c1-19-10-4-2-7-8(3-5-11(7)20)12(10)15(22)17-13(19)9(6-25-17)14(21)16(23)18(19)24/h2,4,6,16,18,23-24H,3,5H2,1H3/t16-,18-,19-/m1/s1. The van der Waals surface area contributed by atoms with Crippen LogP contribution in [0.3, 0.4) is 0 Å². The molecule has 6 nitrogen and oxygen atoms in total. The molecule has 0 saturated carbocycles. The van der Waals surface area contributed by atoms with Gasteiger partial charge in [-0.2, -0.15) is 0 Å². The van der Waals surface area contributed by atoms with Gasteiger partial charge in [0.25, 0.3) is 0 Å². The molecule has 0 fully saturated rings. The van der Waals surface area contributed by atoms with E-state index in [0.29, 0.717) is 40.7 Å². The second-order valence-corrected chi connectivity index (χ2v) is 7.08. The molecule has 6 heteroatoms. The number of Topliss-reactive ketones (excluding diaryl/α,β-unsaturated/α-hetero) is 2. The fraction of sp³-hybridized carbons (Fsp3) is 0.316. The monoisotopic (exact) mass is 338 g/mol. The zero-order chi connectivity index (χ0) is 17.7. The lowest BCUT2D eigenvalue weighted by Gasteiger charge is -2.44. The van der Waals surface area contributed by atoms with E-state index < -0.39 is 23.4 Å². The Kier molecular flexibility index (Phi) is 2.56. The first-order chi connectivity index (χ1) is 11.9. The lowest BCUT2D eigenvalue weighted by molar-refractivity contribution is -0.0123. The van der Waals surface area contributed by atoms with Crippen LogP contribution in [0, 0.1) is 0 Å². The molecule has 126 valence electrons. The molecule has 3 aliphatic carbocycles. The quantitative estimate of drug-likeness (QED) is 0.747. The van der Waals surface area contributed by atoms with Gasteiger partial charge in [-0.25, -0.2) is 0 Å². The van der Waals surface area contributed by atoms with Gasteiger partial charge in [-0.05, 0) is 24.5 Å². The van der Waals surface area contributed by atoms with Crippen molar-refractivity contribution in [2.45, 2.75) is 37.4 Å². The molecule has 2 aromatic rings. The van der Waals surface area contributed by atoms with Gasteiger partial charge < -0.3 is 14.6 Å². The highest BCUT2D eigenvalue weighted by molar-refractivity contribution is 6.18. The molecule has 0 unspecified atom stereocenters. The van der Waals surface area contributed by atoms with Crippen LogP contribution >= 0.6 is 0 Å².